The monoisotopic (exact) mass is 560 g/mol. The lowest BCUT2D eigenvalue weighted by molar-refractivity contribution is -0.201. The van der Waals surface area contributed by atoms with Crippen LogP contribution in [0.5, 0.6) is 0 Å². The summed E-state index contributed by atoms with van der Waals surface area (Å²) < 4.78 is 0. The Morgan fingerprint density at radius 3 is 1.18 bits per heavy atom. The molecular weight excluding hydrogens is 528 g/mol. The fourth-order valence-corrected chi connectivity index (χ4v) is 6.22. The molecule has 0 aromatic carbocycles. The number of likely N-dealkylation sites (tertiary alicyclic amines) is 2. The van der Waals surface area contributed by atoms with E-state index in [4.69, 9.17) is 9.68 Å². The summed E-state index contributed by atoms with van der Waals surface area (Å²) in [5.74, 6) is -5.14. The summed E-state index contributed by atoms with van der Waals surface area (Å²) in [4.78, 5) is 112. The summed E-state index contributed by atoms with van der Waals surface area (Å²) in [5.41, 5.74) is 0. The fourth-order valence-electron chi connectivity index (χ4n) is 6.22. The van der Waals surface area contributed by atoms with Gasteiger partial charge in [0.05, 0.1) is 0 Å². The van der Waals surface area contributed by atoms with Crippen molar-refractivity contribution in [2.24, 2.45) is 11.8 Å². The van der Waals surface area contributed by atoms with Crippen molar-refractivity contribution in [3.63, 3.8) is 0 Å². The van der Waals surface area contributed by atoms with E-state index in [1.807, 2.05) is 0 Å². The van der Waals surface area contributed by atoms with Crippen molar-refractivity contribution in [1.82, 2.24) is 19.9 Å². The Morgan fingerprint density at radius 1 is 0.525 bits per heavy atom. The first-order chi connectivity index (χ1) is 19.2. The van der Waals surface area contributed by atoms with Gasteiger partial charge >= 0.3 is 11.9 Å². The van der Waals surface area contributed by atoms with Crippen molar-refractivity contribution in [2.75, 3.05) is 13.1 Å². The minimum absolute atomic E-state index is 0.0153. The van der Waals surface area contributed by atoms with Gasteiger partial charge in [0.15, 0.2) is 0 Å². The highest BCUT2D eigenvalue weighted by Gasteiger charge is 2.45. The van der Waals surface area contributed by atoms with E-state index in [1.165, 1.54) is 9.80 Å². The van der Waals surface area contributed by atoms with Gasteiger partial charge < -0.3 is 19.5 Å². The Hall–Kier alpha value is -3.84. The van der Waals surface area contributed by atoms with Crippen LogP contribution in [0.2, 0.25) is 0 Å². The first-order valence-electron chi connectivity index (χ1n) is 13.9. The quantitative estimate of drug-likeness (QED) is 0.403. The van der Waals surface area contributed by atoms with Crippen molar-refractivity contribution in [2.45, 2.75) is 89.1 Å². The molecule has 0 radical (unpaired) electrons. The van der Waals surface area contributed by atoms with Crippen LogP contribution in [-0.4, -0.2) is 92.5 Å². The van der Waals surface area contributed by atoms with Crippen LogP contribution in [0, 0.1) is 11.8 Å². The summed E-state index contributed by atoms with van der Waals surface area (Å²) >= 11 is 0. The maximum atomic E-state index is 13.3. The highest BCUT2D eigenvalue weighted by molar-refractivity contribution is 6.02. The molecule has 4 heterocycles. The van der Waals surface area contributed by atoms with Crippen molar-refractivity contribution < 1.29 is 48.0 Å². The van der Waals surface area contributed by atoms with E-state index >= 15 is 0 Å². The predicted octanol–water partition coefficient (Wildman–Crippen LogP) is -0.0108. The molecule has 0 aromatic rings. The van der Waals surface area contributed by atoms with Crippen molar-refractivity contribution in [3.05, 3.63) is 0 Å². The molecule has 5 rings (SSSR count). The third-order valence-electron chi connectivity index (χ3n) is 8.42. The van der Waals surface area contributed by atoms with Crippen LogP contribution < -0.4 is 0 Å². The molecule has 2 atom stereocenters. The molecule has 216 valence electrons. The zero-order chi connectivity index (χ0) is 28.6. The molecule has 14 heteroatoms. The summed E-state index contributed by atoms with van der Waals surface area (Å²) in [6.45, 7) is 0.720. The topological polar surface area (TPSA) is 168 Å². The number of amides is 6. The lowest BCUT2D eigenvalue weighted by atomic mass is 9.80. The SMILES string of the molecule is O=C(ON1C(=O)CCC1=O)[C@@H]1CCCN1C(=O)[C@H]1CC[C@H](C(=O)N2CCC[C@H]2C(=O)ON2C(=O)CCC2=O)CC1. The molecule has 5 aliphatic rings. The van der Waals surface area contributed by atoms with Crippen LogP contribution in [0.3, 0.4) is 0 Å². The van der Waals surface area contributed by atoms with Gasteiger partial charge in [-0.3, -0.25) is 28.8 Å². The summed E-state index contributed by atoms with van der Waals surface area (Å²) in [5, 5.41) is 0.977. The normalized spacial score (nSPS) is 29.0. The predicted molar refractivity (Wildman–Crippen MR) is 129 cm³/mol. The van der Waals surface area contributed by atoms with Crippen LogP contribution in [-0.2, 0) is 48.0 Å². The van der Waals surface area contributed by atoms with Gasteiger partial charge in [-0.1, -0.05) is 0 Å². The molecule has 0 spiro atoms. The minimum Gasteiger partial charge on any atom is -0.329 e. The third-order valence-corrected chi connectivity index (χ3v) is 8.42. The molecule has 5 fully saturated rings. The Balaban J connectivity index is 1.13. The minimum atomic E-state index is -0.876. The van der Waals surface area contributed by atoms with Crippen LogP contribution >= 0.6 is 0 Å². The van der Waals surface area contributed by atoms with Gasteiger partial charge in [-0.2, -0.15) is 0 Å². The molecule has 0 aromatic heterocycles. The smallest absolute Gasteiger partial charge is 0.329 e. The summed E-state index contributed by atoms with van der Waals surface area (Å²) in [6, 6.07) is -1.75. The van der Waals surface area contributed by atoms with Gasteiger partial charge in [0.25, 0.3) is 23.6 Å². The summed E-state index contributed by atoms with van der Waals surface area (Å²) in [6.07, 6.45) is 3.56. The highest BCUT2D eigenvalue weighted by atomic mass is 16.7. The summed E-state index contributed by atoms with van der Waals surface area (Å²) in [7, 11) is 0. The van der Waals surface area contributed by atoms with Crippen molar-refractivity contribution >= 4 is 47.4 Å². The Labute approximate surface area is 229 Å². The molecule has 1 aliphatic carbocycles. The lowest BCUT2D eigenvalue weighted by Gasteiger charge is -2.34. The van der Waals surface area contributed by atoms with Gasteiger partial charge in [-0.25, -0.2) is 9.59 Å². The molecule has 6 amide bonds. The number of carbonyl (C=O) groups is 8. The third kappa shape index (κ3) is 5.30. The molecule has 0 bridgehead atoms. The number of rotatable bonds is 6. The van der Waals surface area contributed by atoms with E-state index in [1.54, 1.807) is 0 Å². The van der Waals surface area contributed by atoms with E-state index in [2.05, 4.69) is 0 Å². The van der Waals surface area contributed by atoms with E-state index in [9.17, 15) is 38.4 Å². The Bertz CT molecular complexity index is 1030. The molecular formula is C26H32N4O10. The van der Waals surface area contributed by atoms with Gasteiger partial charge in [0.1, 0.15) is 12.1 Å². The molecule has 0 N–H and O–H groups in total. The second kappa shape index (κ2) is 11.3. The maximum Gasteiger partial charge on any atom is 0.355 e. The largest absolute Gasteiger partial charge is 0.355 e. The van der Waals surface area contributed by atoms with Gasteiger partial charge in [-0.05, 0) is 51.4 Å². The van der Waals surface area contributed by atoms with Gasteiger partial charge in [-0.15, -0.1) is 10.1 Å². The second-order valence-corrected chi connectivity index (χ2v) is 10.9. The van der Waals surface area contributed by atoms with E-state index in [0.29, 0.717) is 74.6 Å². The van der Waals surface area contributed by atoms with Gasteiger partial charge in [0.2, 0.25) is 11.8 Å². The standard InChI is InChI=1S/C26H32N4O10/c31-19-9-10-20(32)29(19)39-25(37)17-3-1-13-27(17)23(35)15-5-7-16(8-6-15)24(36)28-14-2-4-18(28)26(38)40-30-21(33)11-12-22(30)34/h15-18H,1-14H2/t15-,16-,17-,18-/m0/s1. The van der Waals surface area contributed by atoms with Crippen molar-refractivity contribution in [1.29, 1.82) is 0 Å². The number of nitrogens with zero attached hydrogens (tertiary/aromatic N) is 4. The molecule has 1 saturated carbocycles. The maximum absolute atomic E-state index is 13.3. The number of carbonyl (C=O) groups excluding carboxylic acids is 8. The average Bonchev–Trinajstić information content (AvgIpc) is 3.75. The lowest BCUT2D eigenvalue weighted by Crippen LogP contribution is -2.48. The fraction of sp³-hybridized carbons (Fsp3) is 0.692. The van der Waals surface area contributed by atoms with Crippen LogP contribution in [0.4, 0.5) is 0 Å². The van der Waals surface area contributed by atoms with Crippen LogP contribution in [0.1, 0.15) is 77.0 Å². The van der Waals surface area contributed by atoms with Crippen LogP contribution in [0.15, 0.2) is 0 Å². The number of hydrogen-bond donors (Lipinski definition) is 0. The molecule has 14 nitrogen and oxygen atoms in total. The van der Waals surface area contributed by atoms with E-state index < -0.39 is 47.7 Å². The van der Waals surface area contributed by atoms with Crippen molar-refractivity contribution in [3.8, 4) is 0 Å². The van der Waals surface area contributed by atoms with Gasteiger partial charge in [0, 0.05) is 50.6 Å². The zero-order valence-electron chi connectivity index (χ0n) is 22.1. The number of imide groups is 2. The second-order valence-electron chi connectivity index (χ2n) is 10.9. The Morgan fingerprint density at radius 2 is 0.850 bits per heavy atom. The van der Waals surface area contributed by atoms with E-state index in [0.717, 1.165) is 0 Å². The first-order valence-corrected chi connectivity index (χ1v) is 13.9. The molecule has 0 unspecified atom stereocenters. The molecule has 40 heavy (non-hydrogen) atoms. The molecule has 4 aliphatic heterocycles. The molecule has 4 saturated heterocycles. The number of hydrogen-bond acceptors (Lipinski definition) is 10. The Kier molecular flexibility index (Phi) is 7.86. The zero-order valence-corrected chi connectivity index (χ0v) is 22.1. The van der Waals surface area contributed by atoms with E-state index in [-0.39, 0.29) is 49.3 Å². The number of hydroxylamine groups is 4. The van der Waals surface area contributed by atoms with Crippen LogP contribution in [0.25, 0.3) is 0 Å². The first kappa shape index (κ1) is 27.7. The average molecular weight is 561 g/mol. The highest BCUT2D eigenvalue weighted by Crippen LogP contribution is 2.35.